The zero-order valence-corrected chi connectivity index (χ0v) is 7.86. The van der Waals surface area contributed by atoms with E-state index >= 15 is 0 Å². The van der Waals surface area contributed by atoms with E-state index in [0.717, 1.165) is 12.2 Å². The molecular formula is C9H16OS. The van der Waals surface area contributed by atoms with Gasteiger partial charge < -0.3 is 5.11 Å². The standard InChI is InChI=1S/C9H16OS/c1-11-6-5-9(10)7-3-2-4-8(7)9/h7-8,10H,2-6H2,1H3. The van der Waals surface area contributed by atoms with Crippen LogP contribution in [0.25, 0.3) is 0 Å². The number of fused-ring (bicyclic) bond motifs is 1. The molecule has 0 spiro atoms. The predicted octanol–water partition coefficient (Wildman–Crippen LogP) is 1.90. The molecule has 2 aliphatic rings. The minimum atomic E-state index is -0.207. The van der Waals surface area contributed by atoms with Gasteiger partial charge in [0.25, 0.3) is 0 Å². The highest BCUT2D eigenvalue weighted by Crippen LogP contribution is 2.62. The molecule has 2 unspecified atom stereocenters. The van der Waals surface area contributed by atoms with Crippen LogP contribution in [0.3, 0.4) is 0 Å². The van der Waals surface area contributed by atoms with Crippen molar-refractivity contribution in [3.63, 3.8) is 0 Å². The molecule has 0 radical (unpaired) electrons. The van der Waals surface area contributed by atoms with Gasteiger partial charge in [0, 0.05) is 0 Å². The number of thioether (sulfide) groups is 1. The maximum Gasteiger partial charge on any atom is 0.0719 e. The number of hydrogen-bond donors (Lipinski definition) is 1. The normalized spacial score (nSPS) is 47.5. The summed E-state index contributed by atoms with van der Waals surface area (Å²) in [6.45, 7) is 0. The Balaban J connectivity index is 1.85. The largest absolute Gasteiger partial charge is 0.389 e. The molecule has 2 aliphatic carbocycles. The Morgan fingerprint density at radius 2 is 2.09 bits per heavy atom. The topological polar surface area (TPSA) is 20.2 Å². The van der Waals surface area contributed by atoms with Crippen molar-refractivity contribution < 1.29 is 5.11 Å². The monoisotopic (exact) mass is 172 g/mol. The lowest BCUT2D eigenvalue weighted by molar-refractivity contribution is 0.103. The van der Waals surface area contributed by atoms with E-state index < -0.39 is 0 Å². The van der Waals surface area contributed by atoms with E-state index in [0.29, 0.717) is 11.8 Å². The third-order valence-electron chi connectivity index (χ3n) is 3.40. The lowest BCUT2D eigenvalue weighted by Gasteiger charge is -2.12. The summed E-state index contributed by atoms with van der Waals surface area (Å²) >= 11 is 1.85. The van der Waals surface area contributed by atoms with Gasteiger partial charge in [-0.2, -0.15) is 11.8 Å². The van der Waals surface area contributed by atoms with Crippen LogP contribution in [0.1, 0.15) is 25.7 Å². The van der Waals surface area contributed by atoms with Crippen LogP contribution < -0.4 is 0 Å². The summed E-state index contributed by atoms with van der Waals surface area (Å²) in [5, 5.41) is 10.0. The van der Waals surface area contributed by atoms with E-state index in [1.165, 1.54) is 19.3 Å². The molecule has 0 bridgehead atoms. The Morgan fingerprint density at radius 3 is 2.64 bits per heavy atom. The highest BCUT2D eigenvalue weighted by molar-refractivity contribution is 7.98. The molecule has 0 aromatic heterocycles. The van der Waals surface area contributed by atoms with Gasteiger partial charge >= 0.3 is 0 Å². The molecule has 0 aromatic carbocycles. The predicted molar refractivity (Wildman–Crippen MR) is 48.8 cm³/mol. The summed E-state index contributed by atoms with van der Waals surface area (Å²) in [5.41, 5.74) is -0.207. The van der Waals surface area contributed by atoms with Crippen LogP contribution >= 0.6 is 11.8 Å². The smallest absolute Gasteiger partial charge is 0.0719 e. The molecule has 2 rings (SSSR count). The second-order valence-electron chi connectivity index (χ2n) is 3.88. The van der Waals surface area contributed by atoms with Crippen LogP contribution in [0.15, 0.2) is 0 Å². The highest BCUT2D eigenvalue weighted by atomic mass is 32.2. The maximum atomic E-state index is 10.0. The lowest BCUT2D eigenvalue weighted by Crippen LogP contribution is -2.16. The van der Waals surface area contributed by atoms with E-state index in [9.17, 15) is 5.11 Å². The maximum absolute atomic E-state index is 10.0. The third kappa shape index (κ3) is 1.11. The summed E-state index contributed by atoms with van der Waals surface area (Å²) in [5.74, 6) is 2.51. The van der Waals surface area contributed by atoms with Gasteiger partial charge in [-0.05, 0) is 43.1 Å². The summed E-state index contributed by atoms with van der Waals surface area (Å²) in [6, 6.07) is 0. The van der Waals surface area contributed by atoms with Gasteiger partial charge in [0.2, 0.25) is 0 Å². The van der Waals surface area contributed by atoms with Crippen molar-refractivity contribution in [1.82, 2.24) is 0 Å². The molecular weight excluding hydrogens is 156 g/mol. The molecule has 0 heterocycles. The van der Waals surface area contributed by atoms with Crippen molar-refractivity contribution in [2.45, 2.75) is 31.3 Å². The van der Waals surface area contributed by atoms with Gasteiger partial charge in [-0.1, -0.05) is 6.42 Å². The van der Waals surface area contributed by atoms with Crippen molar-refractivity contribution in [1.29, 1.82) is 0 Å². The third-order valence-corrected chi connectivity index (χ3v) is 4.01. The molecule has 2 fully saturated rings. The fraction of sp³-hybridized carbons (Fsp3) is 1.00. The average molecular weight is 172 g/mol. The summed E-state index contributed by atoms with van der Waals surface area (Å²) in [4.78, 5) is 0. The first-order valence-corrected chi connectivity index (χ1v) is 5.90. The Bertz CT molecular complexity index is 148. The van der Waals surface area contributed by atoms with E-state index in [4.69, 9.17) is 0 Å². The highest BCUT2D eigenvalue weighted by Gasteiger charge is 2.64. The van der Waals surface area contributed by atoms with Crippen LogP contribution in [0.4, 0.5) is 0 Å². The van der Waals surface area contributed by atoms with Gasteiger partial charge in [-0.15, -0.1) is 0 Å². The van der Waals surface area contributed by atoms with Crippen LogP contribution in [0, 0.1) is 11.8 Å². The van der Waals surface area contributed by atoms with Crippen LogP contribution in [0.5, 0.6) is 0 Å². The molecule has 64 valence electrons. The van der Waals surface area contributed by atoms with E-state index in [2.05, 4.69) is 6.26 Å². The lowest BCUT2D eigenvalue weighted by atomic mass is 10.1. The second-order valence-corrected chi connectivity index (χ2v) is 4.86. The molecule has 2 saturated carbocycles. The molecule has 2 atom stereocenters. The van der Waals surface area contributed by atoms with Gasteiger partial charge in [0.1, 0.15) is 0 Å². The Labute approximate surface area is 72.6 Å². The van der Waals surface area contributed by atoms with Crippen LogP contribution in [-0.2, 0) is 0 Å². The molecule has 0 aliphatic heterocycles. The molecule has 0 saturated heterocycles. The van der Waals surface area contributed by atoms with Crippen molar-refractivity contribution in [2.75, 3.05) is 12.0 Å². The summed E-state index contributed by atoms with van der Waals surface area (Å²) < 4.78 is 0. The minimum absolute atomic E-state index is 0.207. The molecule has 0 amide bonds. The van der Waals surface area contributed by atoms with E-state index in [1.54, 1.807) is 0 Å². The molecule has 1 N–H and O–H groups in total. The molecule has 2 heteroatoms. The first-order chi connectivity index (χ1) is 5.29. The minimum Gasteiger partial charge on any atom is -0.389 e. The average Bonchev–Trinajstić information content (AvgIpc) is 2.50. The van der Waals surface area contributed by atoms with Gasteiger partial charge in [0.05, 0.1) is 5.60 Å². The van der Waals surface area contributed by atoms with Gasteiger partial charge in [-0.3, -0.25) is 0 Å². The fourth-order valence-electron chi connectivity index (χ4n) is 2.68. The Hall–Kier alpha value is 0.310. The van der Waals surface area contributed by atoms with Crippen molar-refractivity contribution in [2.24, 2.45) is 11.8 Å². The van der Waals surface area contributed by atoms with Gasteiger partial charge in [0.15, 0.2) is 0 Å². The zero-order valence-electron chi connectivity index (χ0n) is 7.05. The quantitative estimate of drug-likeness (QED) is 0.701. The van der Waals surface area contributed by atoms with E-state index in [1.807, 2.05) is 11.8 Å². The fourth-order valence-corrected chi connectivity index (χ4v) is 3.22. The molecule has 1 nitrogen and oxygen atoms in total. The molecule has 11 heavy (non-hydrogen) atoms. The number of aliphatic hydroxyl groups is 1. The van der Waals surface area contributed by atoms with Crippen molar-refractivity contribution in [3.8, 4) is 0 Å². The SMILES string of the molecule is CSCCC1(O)C2CCCC21. The van der Waals surface area contributed by atoms with Crippen LogP contribution in [-0.4, -0.2) is 22.7 Å². The van der Waals surface area contributed by atoms with Gasteiger partial charge in [-0.25, -0.2) is 0 Å². The Kier molecular flexibility index (Phi) is 1.92. The zero-order chi connectivity index (χ0) is 7.90. The second kappa shape index (κ2) is 2.67. The number of rotatable bonds is 3. The first kappa shape index (κ1) is 7.93. The summed E-state index contributed by atoms with van der Waals surface area (Å²) in [6.07, 6.45) is 7.08. The number of hydrogen-bond acceptors (Lipinski definition) is 2. The van der Waals surface area contributed by atoms with Crippen molar-refractivity contribution in [3.05, 3.63) is 0 Å². The molecule has 0 aromatic rings. The van der Waals surface area contributed by atoms with Crippen molar-refractivity contribution >= 4 is 11.8 Å². The summed E-state index contributed by atoms with van der Waals surface area (Å²) in [7, 11) is 0. The Morgan fingerprint density at radius 1 is 1.45 bits per heavy atom. The first-order valence-electron chi connectivity index (χ1n) is 4.50. The van der Waals surface area contributed by atoms with Crippen LogP contribution in [0.2, 0.25) is 0 Å². The van der Waals surface area contributed by atoms with E-state index in [-0.39, 0.29) is 5.60 Å².